The SMILES string of the molecule is CC(=O)[C@H]1CN(CCCC(=O)c2ccc(F)cc2)CC[C@H]1C. The molecule has 1 saturated heterocycles. The fourth-order valence-corrected chi connectivity index (χ4v) is 3.11. The van der Waals surface area contributed by atoms with E-state index in [2.05, 4.69) is 11.8 Å². The molecule has 1 fully saturated rings. The zero-order valence-electron chi connectivity index (χ0n) is 13.3. The fraction of sp³-hybridized carbons (Fsp3) is 0.556. The average molecular weight is 305 g/mol. The number of carbonyl (C=O) groups excluding carboxylic acids is 2. The van der Waals surface area contributed by atoms with E-state index in [4.69, 9.17) is 0 Å². The third kappa shape index (κ3) is 4.47. The predicted molar refractivity (Wildman–Crippen MR) is 84.4 cm³/mol. The summed E-state index contributed by atoms with van der Waals surface area (Å²) < 4.78 is 12.8. The largest absolute Gasteiger partial charge is 0.303 e. The number of carbonyl (C=O) groups is 2. The molecule has 1 heterocycles. The van der Waals surface area contributed by atoms with Crippen LogP contribution in [0.15, 0.2) is 24.3 Å². The molecule has 0 radical (unpaired) electrons. The number of halogens is 1. The maximum absolute atomic E-state index is 12.8. The van der Waals surface area contributed by atoms with Crippen LogP contribution in [0.5, 0.6) is 0 Å². The van der Waals surface area contributed by atoms with E-state index in [0.29, 0.717) is 17.9 Å². The van der Waals surface area contributed by atoms with Gasteiger partial charge >= 0.3 is 0 Å². The minimum Gasteiger partial charge on any atom is -0.303 e. The normalized spacial score (nSPS) is 22.5. The van der Waals surface area contributed by atoms with Crippen LogP contribution in [0.2, 0.25) is 0 Å². The molecule has 0 aliphatic carbocycles. The van der Waals surface area contributed by atoms with E-state index in [0.717, 1.165) is 32.5 Å². The lowest BCUT2D eigenvalue weighted by molar-refractivity contribution is -0.124. The minimum atomic E-state index is -0.325. The molecule has 3 nitrogen and oxygen atoms in total. The zero-order chi connectivity index (χ0) is 16.1. The van der Waals surface area contributed by atoms with Crippen molar-refractivity contribution in [3.63, 3.8) is 0 Å². The van der Waals surface area contributed by atoms with Crippen molar-refractivity contribution in [2.75, 3.05) is 19.6 Å². The van der Waals surface area contributed by atoms with Gasteiger partial charge in [-0.25, -0.2) is 4.39 Å². The quantitative estimate of drug-likeness (QED) is 0.757. The molecule has 2 atom stereocenters. The van der Waals surface area contributed by atoms with Crippen LogP contribution in [-0.2, 0) is 4.79 Å². The first-order valence-corrected chi connectivity index (χ1v) is 7.99. The molecule has 1 aromatic rings. The Morgan fingerprint density at radius 3 is 2.59 bits per heavy atom. The summed E-state index contributed by atoms with van der Waals surface area (Å²) in [6, 6.07) is 5.70. The molecule has 1 aliphatic rings. The molecule has 2 rings (SSSR count). The zero-order valence-corrected chi connectivity index (χ0v) is 13.3. The van der Waals surface area contributed by atoms with Crippen LogP contribution in [0.3, 0.4) is 0 Å². The number of rotatable bonds is 6. The third-order valence-electron chi connectivity index (χ3n) is 4.61. The van der Waals surface area contributed by atoms with Gasteiger partial charge in [0, 0.05) is 24.4 Å². The Balaban J connectivity index is 1.77. The first-order valence-electron chi connectivity index (χ1n) is 7.99. The second kappa shape index (κ2) is 7.63. The van der Waals surface area contributed by atoms with Gasteiger partial charge in [-0.05, 0) is 63.0 Å². The van der Waals surface area contributed by atoms with Gasteiger partial charge in [-0.1, -0.05) is 6.92 Å². The summed E-state index contributed by atoms with van der Waals surface area (Å²) >= 11 is 0. The van der Waals surface area contributed by atoms with Crippen molar-refractivity contribution in [1.29, 1.82) is 0 Å². The monoisotopic (exact) mass is 305 g/mol. The number of piperidine rings is 1. The Labute approximate surface area is 131 Å². The molecular formula is C18H24FNO2. The highest BCUT2D eigenvalue weighted by atomic mass is 19.1. The van der Waals surface area contributed by atoms with Gasteiger partial charge in [0.05, 0.1) is 0 Å². The van der Waals surface area contributed by atoms with Crippen molar-refractivity contribution in [1.82, 2.24) is 4.90 Å². The minimum absolute atomic E-state index is 0.0495. The number of Topliss-reactive ketones (excluding diaryl/α,β-unsaturated/α-hetero) is 2. The number of ketones is 2. The van der Waals surface area contributed by atoms with E-state index >= 15 is 0 Å². The fourth-order valence-electron chi connectivity index (χ4n) is 3.11. The first kappa shape index (κ1) is 16.8. The van der Waals surface area contributed by atoms with Crippen molar-refractivity contribution in [2.24, 2.45) is 11.8 Å². The van der Waals surface area contributed by atoms with Gasteiger partial charge in [0.2, 0.25) is 0 Å². The molecule has 1 aliphatic heterocycles. The molecule has 0 saturated carbocycles. The van der Waals surface area contributed by atoms with Crippen molar-refractivity contribution in [3.8, 4) is 0 Å². The van der Waals surface area contributed by atoms with Crippen LogP contribution < -0.4 is 0 Å². The highest BCUT2D eigenvalue weighted by molar-refractivity contribution is 5.95. The van der Waals surface area contributed by atoms with Gasteiger partial charge < -0.3 is 4.90 Å². The van der Waals surface area contributed by atoms with Gasteiger partial charge in [-0.15, -0.1) is 0 Å². The van der Waals surface area contributed by atoms with Gasteiger partial charge in [0.1, 0.15) is 11.6 Å². The average Bonchev–Trinajstić information content (AvgIpc) is 2.49. The smallest absolute Gasteiger partial charge is 0.162 e. The number of hydrogen-bond donors (Lipinski definition) is 0. The Morgan fingerprint density at radius 2 is 1.95 bits per heavy atom. The summed E-state index contributed by atoms with van der Waals surface area (Å²) in [5, 5.41) is 0. The molecule has 0 amide bonds. The van der Waals surface area contributed by atoms with Crippen LogP contribution in [-0.4, -0.2) is 36.1 Å². The topological polar surface area (TPSA) is 37.4 Å². The molecule has 0 aromatic heterocycles. The predicted octanol–water partition coefficient (Wildman–Crippen LogP) is 3.34. The van der Waals surface area contributed by atoms with Crippen LogP contribution in [0.4, 0.5) is 4.39 Å². The Hall–Kier alpha value is -1.55. The van der Waals surface area contributed by atoms with Crippen molar-refractivity contribution in [3.05, 3.63) is 35.6 Å². The van der Waals surface area contributed by atoms with Gasteiger partial charge in [-0.3, -0.25) is 9.59 Å². The van der Waals surface area contributed by atoms with Gasteiger partial charge in [-0.2, -0.15) is 0 Å². The lowest BCUT2D eigenvalue weighted by atomic mass is 9.84. The Bertz CT molecular complexity index is 526. The van der Waals surface area contributed by atoms with E-state index in [1.165, 1.54) is 24.3 Å². The van der Waals surface area contributed by atoms with E-state index in [-0.39, 0.29) is 23.3 Å². The molecule has 0 bridgehead atoms. The highest BCUT2D eigenvalue weighted by Crippen LogP contribution is 2.24. The second-order valence-corrected chi connectivity index (χ2v) is 6.32. The van der Waals surface area contributed by atoms with Crippen molar-refractivity contribution in [2.45, 2.75) is 33.1 Å². The Morgan fingerprint density at radius 1 is 1.27 bits per heavy atom. The number of hydrogen-bond acceptors (Lipinski definition) is 3. The maximum atomic E-state index is 12.8. The van der Waals surface area contributed by atoms with E-state index < -0.39 is 0 Å². The number of benzene rings is 1. The molecular weight excluding hydrogens is 281 g/mol. The first-order chi connectivity index (χ1) is 10.5. The van der Waals surface area contributed by atoms with E-state index in [9.17, 15) is 14.0 Å². The number of nitrogens with zero attached hydrogens (tertiary/aromatic N) is 1. The van der Waals surface area contributed by atoms with Crippen LogP contribution in [0.25, 0.3) is 0 Å². The second-order valence-electron chi connectivity index (χ2n) is 6.32. The van der Waals surface area contributed by atoms with Crippen molar-refractivity contribution >= 4 is 11.6 Å². The molecule has 0 unspecified atom stereocenters. The third-order valence-corrected chi connectivity index (χ3v) is 4.61. The summed E-state index contributed by atoms with van der Waals surface area (Å²) in [7, 11) is 0. The Kier molecular flexibility index (Phi) is 5.83. The van der Waals surface area contributed by atoms with Gasteiger partial charge in [0.25, 0.3) is 0 Å². The highest BCUT2D eigenvalue weighted by Gasteiger charge is 2.28. The van der Waals surface area contributed by atoms with Crippen molar-refractivity contribution < 1.29 is 14.0 Å². The summed E-state index contributed by atoms with van der Waals surface area (Å²) in [5.41, 5.74) is 0.565. The number of likely N-dealkylation sites (tertiary alicyclic amines) is 1. The molecule has 0 spiro atoms. The molecule has 1 aromatic carbocycles. The summed E-state index contributed by atoms with van der Waals surface area (Å²) in [6.07, 6.45) is 2.27. The summed E-state index contributed by atoms with van der Waals surface area (Å²) in [5.74, 6) is 0.568. The van der Waals surface area contributed by atoms with E-state index in [1.54, 1.807) is 6.92 Å². The molecule has 22 heavy (non-hydrogen) atoms. The lowest BCUT2D eigenvalue weighted by Gasteiger charge is -2.35. The lowest BCUT2D eigenvalue weighted by Crippen LogP contribution is -2.42. The molecule has 120 valence electrons. The van der Waals surface area contributed by atoms with Crippen LogP contribution >= 0.6 is 0 Å². The summed E-state index contributed by atoms with van der Waals surface area (Å²) in [4.78, 5) is 25.9. The molecule has 4 heteroatoms. The summed E-state index contributed by atoms with van der Waals surface area (Å²) in [6.45, 7) is 6.45. The van der Waals surface area contributed by atoms with Crippen LogP contribution in [0.1, 0.15) is 43.5 Å². The molecule has 0 N–H and O–H groups in total. The maximum Gasteiger partial charge on any atom is 0.162 e. The standard InChI is InChI=1S/C18H24FNO2/c1-13-9-11-20(12-17(13)14(2)21)10-3-4-18(22)15-5-7-16(19)8-6-15/h5-8,13,17H,3-4,9-12H2,1-2H3/t13-,17+/m1/s1. The van der Waals surface area contributed by atoms with Gasteiger partial charge in [0.15, 0.2) is 5.78 Å². The van der Waals surface area contributed by atoms with E-state index in [1.807, 2.05) is 0 Å². The van der Waals surface area contributed by atoms with Crippen LogP contribution in [0, 0.1) is 17.7 Å².